The molecule has 3 heteroatoms. The van der Waals surface area contributed by atoms with E-state index in [1.807, 2.05) is 12.1 Å². The van der Waals surface area contributed by atoms with E-state index in [1.165, 1.54) is 6.07 Å². The van der Waals surface area contributed by atoms with Gasteiger partial charge in [-0.3, -0.25) is 0 Å². The maximum atomic E-state index is 13.5. The summed E-state index contributed by atoms with van der Waals surface area (Å²) in [5.41, 5.74) is 0.977. The Morgan fingerprint density at radius 1 is 1.41 bits per heavy atom. The minimum absolute atomic E-state index is 0.119. The fraction of sp³-hybridized carbons (Fsp3) is 0.571. The van der Waals surface area contributed by atoms with Crippen LogP contribution in [0.15, 0.2) is 24.3 Å². The van der Waals surface area contributed by atoms with Crippen LogP contribution < -0.4 is 10.6 Å². The Bertz CT molecular complexity index is 376. The molecule has 1 saturated heterocycles. The van der Waals surface area contributed by atoms with Crippen LogP contribution >= 0.6 is 0 Å². The van der Waals surface area contributed by atoms with Crippen molar-refractivity contribution in [3.8, 4) is 0 Å². The Balaban J connectivity index is 1.96. The first kappa shape index (κ1) is 12.5. The average molecular weight is 236 g/mol. The maximum absolute atomic E-state index is 13.5. The van der Waals surface area contributed by atoms with Gasteiger partial charge in [0, 0.05) is 24.7 Å². The molecule has 0 spiro atoms. The first-order chi connectivity index (χ1) is 8.09. The lowest BCUT2D eigenvalue weighted by molar-refractivity contribution is 0.183. The van der Waals surface area contributed by atoms with Gasteiger partial charge in [0.2, 0.25) is 0 Å². The molecular formula is C14H21FN2. The molecule has 0 radical (unpaired) electrons. The standard InChI is InChI=1S/C14H21FN2/c1-14(2)10-16-8-7-13(14)17-9-11-5-3-4-6-12(11)15/h3-6,13,16-17H,7-10H2,1-2H3. The summed E-state index contributed by atoms with van der Waals surface area (Å²) < 4.78 is 13.5. The van der Waals surface area contributed by atoms with Gasteiger partial charge in [-0.2, -0.15) is 0 Å². The summed E-state index contributed by atoms with van der Waals surface area (Å²) in [5, 5.41) is 6.89. The minimum Gasteiger partial charge on any atom is -0.316 e. The SMILES string of the molecule is CC1(C)CNCCC1NCc1ccccc1F. The summed E-state index contributed by atoms with van der Waals surface area (Å²) in [6, 6.07) is 7.42. The maximum Gasteiger partial charge on any atom is 0.127 e. The fourth-order valence-corrected chi connectivity index (χ4v) is 2.42. The molecule has 1 aromatic rings. The predicted molar refractivity (Wildman–Crippen MR) is 68.3 cm³/mol. The molecule has 2 nitrogen and oxygen atoms in total. The van der Waals surface area contributed by atoms with Crippen LogP contribution in [0.1, 0.15) is 25.8 Å². The molecule has 17 heavy (non-hydrogen) atoms. The van der Waals surface area contributed by atoms with Crippen LogP contribution in [-0.2, 0) is 6.54 Å². The number of hydrogen-bond donors (Lipinski definition) is 2. The molecule has 2 rings (SSSR count). The first-order valence-electron chi connectivity index (χ1n) is 6.27. The summed E-state index contributed by atoms with van der Waals surface area (Å²) in [6.07, 6.45) is 1.10. The highest BCUT2D eigenvalue weighted by molar-refractivity contribution is 5.17. The molecule has 94 valence electrons. The second-order valence-electron chi connectivity index (χ2n) is 5.48. The molecule has 1 fully saturated rings. The number of piperidine rings is 1. The van der Waals surface area contributed by atoms with Gasteiger partial charge in [-0.25, -0.2) is 4.39 Å². The summed E-state index contributed by atoms with van der Waals surface area (Å²) in [5.74, 6) is -0.119. The number of hydrogen-bond acceptors (Lipinski definition) is 2. The van der Waals surface area contributed by atoms with Crippen LogP contribution in [0.4, 0.5) is 4.39 Å². The summed E-state index contributed by atoms with van der Waals surface area (Å²) in [4.78, 5) is 0. The Labute approximate surface area is 103 Å². The molecule has 0 amide bonds. The van der Waals surface area contributed by atoms with E-state index in [-0.39, 0.29) is 11.2 Å². The van der Waals surface area contributed by atoms with Crippen molar-refractivity contribution in [2.75, 3.05) is 13.1 Å². The van der Waals surface area contributed by atoms with Crippen LogP contribution in [-0.4, -0.2) is 19.1 Å². The smallest absolute Gasteiger partial charge is 0.127 e. The molecule has 0 bridgehead atoms. The van der Waals surface area contributed by atoms with E-state index in [2.05, 4.69) is 24.5 Å². The second-order valence-corrected chi connectivity index (χ2v) is 5.48. The quantitative estimate of drug-likeness (QED) is 0.841. The van der Waals surface area contributed by atoms with Crippen molar-refractivity contribution < 1.29 is 4.39 Å². The van der Waals surface area contributed by atoms with E-state index in [9.17, 15) is 4.39 Å². The number of nitrogens with one attached hydrogen (secondary N) is 2. The predicted octanol–water partition coefficient (Wildman–Crippen LogP) is 2.30. The zero-order valence-corrected chi connectivity index (χ0v) is 10.6. The monoisotopic (exact) mass is 236 g/mol. The van der Waals surface area contributed by atoms with E-state index in [4.69, 9.17) is 0 Å². The third-order valence-corrected chi connectivity index (χ3v) is 3.63. The zero-order valence-electron chi connectivity index (χ0n) is 10.6. The normalized spacial score (nSPS) is 23.6. The zero-order chi connectivity index (χ0) is 12.3. The molecule has 1 unspecified atom stereocenters. The van der Waals surface area contributed by atoms with Crippen LogP contribution in [0.5, 0.6) is 0 Å². The van der Waals surface area contributed by atoms with E-state index in [0.29, 0.717) is 12.6 Å². The van der Waals surface area contributed by atoms with E-state index in [1.54, 1.807) is 6.07 Å². The fourth-order valence-electron chi connectivity index (χ4n) is 2.42. The Hall–Kier alpha value is -0.930. The molecule has 0 aliphatic carbocycles. The molecule has 1 aliphatic rings. The van der Waals surface area contributed by atoms with Crippen molar-refractivity contribution in [2.45, 2.75) is 32.9 Å². The van der Waals surface area contributed by atoms with Crippen LogP contribution in [0.25, 0.3) is 0 Å². The lowest BCUT2D eigenvalue weighted by Gasteiger charge is -2.39. The highest BCUT2D eigenvalue weighted by atomic mass is 19.1. The third kappa shape index (κ3) is 3.05. The molecule has 0 aromatic heterocycles. The second kappa shape index (κ2) is 5.15. The van der Waals surface area contributed by atoms with E-state index in [0.717, 1.165) is 25.1 Å². The number of rotatable bonds is 3. The van der Waals surface area contributed by atoms with E-state index < -0.39 is 0 Å². The number of benzene rings is 1. The first-order valence-corrected chi connectivity index (χ1v) is 6.27. The van der Waals surface area contributed by atoms with E-state index >= 15 is 0 Å². The largest absolute Gasteiger partial charge is 0.316 e. The van der Waals surface area contributed by atoms with Crippen molar-refractivity contribution in [3.05, 3.63) is 35.6 Å². The lowest BCUT2D eigenvalue weighted by atomic mass is 9.80. The summed E-state index contributed by atoms with van der Waals surface area (Å²) in [7, 11) is 0. The van der Waals surface area contributed by atoms with Gasteiger partial charge in [-0.05, 0) is 24.4 Å². The van der Waals surface area contributed by atoms with Crippen LogP contribution in [0.2, 0.25) is 0 Å². The topological polar surface area (TPSA) is 24.1 Å². The third-order valence-electron chi connectivity index (χ3n) is 3.63. The van der Waals surface area contributed by atoms with Crippen molar-refractivity contribution in [3.63, 3.8) is 0 Å². The molecule has 0 saturated carbocycles. The van der Waals surface area contributed by atoms with Crippen molar-refractivity contribution in [1.29, 1.82) is 0 Å². The average Bonchev–Trinajstić information content (AvgIpc) is 2.29. The van der Waals surface area contributed by atoms with Gasteiger partial charge in [-0.1, -0.05) is 32.0 Å². The van der Waals surface area contributed by atoms with Gasteiger partial charge >= 0.3 is 0 Å². The van der Waals surface area contributed by atoms with Crippen molar-refractivity contribution in [2.24, 2.45) is 5.41 Å². The van der Waals surface area contributed by atoms with Crippen molar-refractivity contribution >= 4 is 0 Å². The van der Waals surface area contributed by atoms with Crippen LogP contribution in [0, 0.1) is 11.2 Å². The van der Waals surface area contributed by atoms with Gasteiger partial charge < -0.3 is 10.6 Å². The minimum atomic E-state index is -0.119. The Morgan fingerprint density at radius 2 is 2.18 bits per heavy atom. The summed E-state index contributed by atoms with van der Waals surface area (Å²) in [6.45, 7) is 7.16. The van der Waals surface area contributed by atoms with Gasteiger partial charge in [0.15, 0.2) is 0 Å². The van der Waals surface area contributed by atoms with Gasteiger partial charge in [0.1, 0.15) is 5.82 Å². The molecule has 1 aliphatic heterocycles. The highest BCUT2D eigenvalue weighted by Gasteiger charge is 2.31. The Kier molecular flexibility index (Phi) is 3.79. The molecule has 1 atom stereocenters. The Morgan fingerprint density at radius 3 is 2.88 bits per heavy atom. The van der Waals surface area contributed by atoms with Gasteiger partial charge in [0.25, 0.3) is 0 Å². The van der Waals surface area contributed by atoms with Crippen LogP contribution in [0.3, 0.4) is 0 Å². The molecule has 1 aromatic carbocycles. The number of halogens is 1. The molecular weight excluding hydrogens is 215 g/mol. The highest BCUT2D eigenvalue weighted by Crippen LogP contribution is 2.25. The van der Waals surface area contributed by atoms with Gasteiger partial charge in [-0.15, -0.1) is 0 Å². The van der Waals surface area contributed by atoms with Gasteiger partial charge in [0.05, 0.1) is 0 Å². The van der Waals surface area contributed by atoms with Crippen molar-refractivity contribution in [1.82, 2.24) is 10.6 Å². The molecule has 2 N–H and O–H groups in total. The lowest BCUT2D eigenvalue weighted by Crippen LogP contribution is -2.52. The summed E-state index contributed by atoms with van der Waals surface area (Å²) >= 11 is 0. The molecule has 1 heterocycles.